The number of carbonyl (C=O) groups excluding carboxylic acids is 11. The predicted molar refractivity (Wildman–Crippen MR) is 414 cm³/mol. The number of anilines is 1. The molecule has 1 saturated heterocycles. The molecule has 11 atom stereocenters. The van der Waals surface area contributed by atoms with E-state index in [0.29, 0.717) is 43.5 Å². The number of imide groups is 1. The molecular formula is C79H116N12O19S. The Morgan fingerprint density at radius 3 is 1.82 bits per heavy atom. The molecule has 2 aliphatic heterocycles. The number of likely N-dealkylation sites (tertiary alicyclic amines) is 1. The first-order valence-electron chi connectivity index (χ1n) is 38.1. The zero-order valence-corrected chi connectivity index (χ0v) is 67.2. The third kappa shape index (κ3) is 27.7. The zero-order chi connectivity index (χ0) is 81.3. The number of aromatic nitrogens is 1. The van der Waals surface area contributed by atoms with Gasteiger partial charge in [0.05, 0.1) is 113 Å². The van der Waals surface area contributed by atoms with Crippen molar-refractivity contribution in [3.8, 4) is 0 Å². The van der Waals surface area contributed by atoms with E-state index in [0.717, 1.165) is 15.6 Å². The Labute approximate surface area is 655 Å². The van der Waals surface area contributed by atoms with Gasteiger partial charge in [0, 0.05) is 65.1 Å². The molecule has 1 aromatic heterocycles. The van der Waals surface area contributed by atoms with E-state index in [1.54, 1.807) is 106 Å². The lowest BCUT2D eigenvalue weighted by molar-refractivity contribution is -0.148. The van der Waals surface area contributed by atoms with Gasteiger partial charge in [0.1, 0.15) is 35.8 Å². The monoisotopic (exact) mass is 1570 g/mol. The van der Waals surface area contributed by atoms with Crippen molar-refractivity contribution >= 4 is 82.3 Å². The summed E-state index contributed by atoms with van der Waals surface area (Å²) in [4.78, 5) is 164. The summed E-state index contributed by atoms with van der Waals surface area (Å²) in [6.07, 6.45) is 2.11. The van der Waals surface area contributed by atoms with E-state index in [2.05, 4.69) is 36.9 Å². The predicted octanol–water partition coefficient (Wildman–Crippen LogP) is 6.59. The molecule has 31 nitrogen and oxygen atoms in total. The van der Waals surface area contributed by atoms with E-state index in [4.69, 9.17) is 43.7 Å². The van der Waals surface area contributed by atoms with E-state index in [9.17, 15) is 52.7 Å². The van der Waals surface area contributed by atoms with Gasteiger partial charge in [-0.2, -0.15) is 0 Å². The number of benzene rings is 3. The van der Waals surface area contributed by atoms with Crippen molar-refractivity contribution in [3.63, 3.8) is 0 Å². The Kier molecular flexibility index (Phi) is 38.2. The summed E-state index contributed by atoms with van der Waals surface area (Å²) in [5.41, 5.74) is 7.76. The molecule has 612 valence electrons. The molecule has 2 aliphatic rings. The molecular weight excluding hydrogens is 1450 g/mol. The number of carbonyl (C=O) groups is 11. The van der Waals surface area contributed by atoms with Crippen LogP contribution in [0.2, 0.25) is 0 Å². The molecule has 4 aromatic rings. The Balaban J connectivity index is 0.948. The molecule has 6 rings (SSSR count). The summed E-state index contributed by atoms with van der Waals surface area (Å²) >= 11 is 1.47. The maximum Gasteiger partial charge on any atom is 0.410 e. The third-order valence-electron chi connectivity index (χ3n) is 19.7. The fourth-order valence-corrected chi connectivity index (χ4v) is 14.2. The van der Waals surface area contributed by atoms with Gasteiger partial charge < -0.3 is 80.6 Å². The first kappa shape index (κ1) is 90.9. The summed E-state index contributed by atoms with van der Waals surface area (Å²) < 4.78 is 40.0. The van der Waals surface area contributed by atoms with E-state index >= 15 is 0 Å². The number of methoxy groups -OCH3 is 2. The minimum absolute atomic E-state index is 0.00619. The highest BCUT2D eigenvalue weighted by Gasteiger charge is 2.45. The molecule has 3 heterocycles. The minimum Gasteiger partial charge on any atom is -0.445 e. The molecule has 1 fully saturated rings. The van der Waals surface area contributed by atoms with Crippen LogP contribution in [0.25, 0.3) is 0 Å². The fourth-order valence-electron chi connectivity index (χ4n) is 13.5. The van der Waals surface area contributed by atoms with Gasteiger partial charge in [-0.1, -0.05) is 123 Å². The molecule has 111 heavy (non-hydrogen) atoms. The van der Waals surface area contributed by atoms with Crippen LogP contribution in [-0.4, -0.2) is 239 Å². The molecule has 8 N–H and O–H groups in total. The molecule has 0 bridgehead atoms. The Hall–Kier alpha value is -9.02. The van der Waals surface area contributed by atoms with E-state index in [1.165, 1.54) is 30.4 Å². The van der Waals surface area contributed by atoms with Crippen molar-refractivity contribution < 1.29 is 90.7 Å². The summed E-state index contributed by atoms with van der Waals surface area (Å²) in [5.74, 6) is -6.26. The average Bonchev–Trinajstić information content (AvgIpc) is 1.66. The van der Waals surface area contributed by atoms with Gasteiger partial charge in [0.2, 0.25) is 41.4 Å². The molecule has 0 saturated carbocycles. The molecule has 32 heteroatoms. The summed E-state index contributed by atoms with van der Waals surface area (Å²) in [5, 5.41) is 20.4. The second-order valence-electron chi connectivity index (χ2n) is 28.7. The SMILES string of the molecule is CC[C@H](C)[C@@H](C(CC(=O)N1CCC[C@H]1[C@H](OC)C(C)C(=O)N[C@@H](Cc1ccccc1)c1nccs1)OC)N(C)C(=O)[C@@H](NC(=O)C(C(C)C)N(C)C(=O)OCc1ccc(NC(=O)[C@H](CCCNC(N)=O)NC(=O)[C@@H](NC(=O)CCOCCOCCOCCOCCON2C(=O)c3ccccc3C2=O)C(C)C)cc1)C(C)C. The van der Waals surface area contributed by atoms with Crippen LogP contribution in [0.15, 0.2) is 90.4 Å². The standard InChI is InChI=1S/C79H116N12O19S/c1-14-52(8)68(62(103-12)47-64(93)90-35-21-27-61(90)69(104-13)53(9)70(94)85-60(74-81-34-45-111-74)46-54-22-16-15-17-23-54)88(10)77(100)66(50(4)5)87-73(97)67(51(6)7)89(11)79(102)109-48-55-28-30-56(31-29-55)83-71(95)59(26-20-33-82-78(80)101)84-72(96)65(49(2)3)86-63(92)32-36-105-37-38-106-39-40-107-41-42-108-43-44-110-91-75(98)57-24-18-19-25-58(57)76(91)99/h15-19,22-25,28-31,34,45,49-53,59-62,65-69H,14,20-21,26-27,32-33,35-44,46-48H2,1-13H3,(H,83,95)(H,84,96)(H,85,94)(H,86,92)(H,87,97)(H3,80,82,101)/t52-,53?,59-,60-,61-,62?,65-,66-,67?,68-,69+/m0/s1. The number of hydroxylamine groups is 2. The maximum atomic E-state index is 14.9. The Morgan fingerprint density at radius 1 is 0.658 bits per heavy atom. The van der Waals surface area contributed by atoms with Crippen molar-refractivity contribution in [1.29, 1.82) is 0 Å². The van der Waals surface area contributed by atoms with Crippen LogP contribution >= 0.6 is 11.3 Å². The number of nitrogens with zero attached hydrogens (tertiary/aromatic N) is 5. The second-order valence-corrected chi connectivity index (χ2v) is 29.7. The maximum absolute atomic E-state index is 14.9. The minimum atomic E-state index is -1.13. The molecule has 12 amide bonds. The topological polar surface area (TPSA) is 386 Å². The number of thiazole rings is 1. The van der Waals surface area contributed by atoms with Crippen molar-refractivity contribution in [1.82, 2.24) is 51.3 Å². The number of fused-ring (bicyclic) bond motifs is 1. The number of ether oxygens (including phenoxy) is 7. The lowest BCUT2D eigenvalue weighted by Crippen LogP contribution is -2.60. The Morgan fingerprint density at radius 2 is 1.26 bits per heavy atom. The number of primary amides is 1. The highest BCUT2D eigenvalue weighted by atomic mass is 32.1. The first-order valence-corrected chi connectivity index (χ1v) is 39.0. The summed E-state index contributed by atoms with van der Waals surface area (Å²) in [6.45, 7) is 18.4. The number of nitrogens with one attached hydrogen (secondary N) is 6. The van der Waals surface area contributed by atoms with Crippen LogP contribution in [0.3, 0.4) is 0 Å². The number of likely N-dealkylation sites (N-methyl/N-ethyl adjacent to an activating group) is 2. The van der Waals surface area contributed by atoms with Crippen LogP contribution in [0, 0.1) is 29.6 Å². The van der Waals surface area contributed by atoms with Gasteiger partial charge in [-0.05, 0) is 91.2 Å². The van der Waals surface area contributed by atoms with Gasteiger partial charge >= 0.3 is 12.1 Å². The summed E-state index contributed by atoms with van der Waals surface area (Å²) in [6, 6.07) is 16.2. The first-order chi connectivity index (χ1) is 53.1. The quantitative estimate of drug-likeness (QED) is 0.0181. The van der Waals surface area contributed by atoms with Gasteiger partial charge in [0.25, 0.3) is 11.8 Å². The number of urea groups is 1. The van der Waals surface area contributed by atoms with Crippen LogP contribution < -0.4 is 37.6 Å². The lowest BCUT2D eigenvalue weighted by atomic mass is 9.89. The van der Waals surface area contributed by atoms with Crippen LogP contribution in [0.1, 0.15) is 150 Å². The van der Waals surface area contributed by atoms with Crippen molar-refractivity contribution in [2.75, 3.05) is 106 Å². The normalized spacial score (nSPS) is 16.2. The van der Waals surface area contributed by atoms with E-state index in [-0.39, 0.29) is 133 Å². The van der Waals surface area contributed by atoms with Crippen molar-refractivity contribution in [2.24, 2.45) is 35.3 Å². The van der Waals surface area contributed by atoms with Gasteiger partial charge in [-0.15, -0.1) is 16.4 Å². The number of rotatable bonds is 49. The van der Waals surface area contributed by atoms with E-state index in [1.807, 2.05) is 70.3 Å². The lowest BCUT2D eigenvalue weighted by Gasteiger charge is -2.41. The Bertz CT molecular complexity index is 3600. The van der Waals surface area contributed by atoms with E-state index < -0.39 is 126 Å². The largest absolute Gasteiger partial charge is 0.445 e. The molecule has 3 aromatic carbocycles. The zero-order valence-electron chi connectivity index (χ0n) is 66.4. The number of nitrogens with two attached hydrogens (primary N) is 1. The number of hydrogen-bond donors (Lipinski definition) is 7. The highest BCUT2D eigenvalue weighted by Crippen LogP contribution is 2.32. The smallest absolute Gasteiger partial charge is 0.410 e. The molecule has 0 spiro atoms. The molecule has 3 unspecified atom stereocenters. The summed E-state index contributed by atoms with van der Waals surface area (Å²) in [7, 11) is 6.15. The van der Waals surface area contributed by atoms with Crippen LogP contribution in [0.4, 0.5) is 15.3 Å². The second kappa shape index (κ2) is 46.7. The van der Waals surface area contributed by atoms with Gasteiger partial charge in [-0.25, -0.2) is 14.6 Å². The van der Waals surface area contributed by atoms with Crippen LogP contribution in [-0.2, 0) is 84.6 Å². The van der Waals surface area contributed by atoms with Gasteiger partial charge in [0.15, 0.2) is 0 Å². The third-order valence-corrected chi connectivity index (χ3v) is 20.6. The highest BCUT2D eigenvalue weighted by molar-refractivity contribution is 7.09. The van der Waals surface area contributed by atoms with Crippen molar-refractivity contribution in [2.45, 2.75) is 175 Å². The van der Waals surface area contributed by atoms with Crippen molar-refractivity contribution in [3.05, 3.63) is 118 Å². The molecule has 0 radical (unpaired) electrons. The molecule has 0 aliphatic carbocycles. The number of amides is 12. The number of hydrogen-bond acceptors (Lipinski definition) is 21. The van der Waals surface area contributed by atoms with Gasteiger partial charge in [-0.3, -0.25) is 52.9 Å². The van der Waals surface area contributed by atoms with Crippen LogP contribution in [0.5, 0.6) is 0 Å². The average molecular weight is 1570 g/mol. The fraction of sp³-hybridized carbons (Fsp3) is 0.595.